The van der Waals surface area contributed by atoms with E-state index in [1.807, 2.05) is 4.90 Å². The Morgan fingerprint density at radius 2 is 1.95 bits per heavy atom. The highest BCUT2D eigenvalue weighted by molar-refractivity contribution is 5.48. The number of rotatable bonds is 2. The van der Waals surface area contributed by atoms with Crippen molar-refractivity contribution in [3.05, 3.63) is 17.7 Å². The average molecular weight is 284 g/mol. The molecule has 2 N–H and O–H groups in total. The first-order valence-corrected chi connectivity index (χ1v) is 6.83. The Balaban J connectivity index is 1.72. The van der Waals surface area contributed by atoms with Crippen LogP contribution in [0.15, 0.2) is 6.07 Å². The van der Waals surface area contributed by atoms with Crippen LogP contribution in [-0.4, -0.2) is 55.3 Å². The summed E-state index contributed by atoms with van der Waals surface area (Å²) >= 11 is 0. The van der Waals surface area contributed by atoms with Gasteiger partial charge in [-0.25, -0.2) is 13.8 Å². The quantitative estimate of drug-likeness (QED) is 0.872. The van der Waals surface area contributed by atoms with Crippen molar-refractivity contribution in [1.29, 1.82) is 0 Å². The van der Waals surface area contributed by atoms with Crippen LogP contribution >= 0.6 is 0 Å². The first-order valence-electron chi connectivity index (χ1n) is 6.83. The molecule has 7 heteroatoms. The van der Waals surface area contributed by atoms with Gasteiger partial charge in [-0.15, -0.1) is 0 Å². The van der Waals surface area contributed by atoms with Crippen LogP contribution < -0.4 is 10.6 Å². The summed E-state index contributed by atoms with van der Waals surface area (Å²) in [5.74, 6) is -1.56. The lowest BCUT2D eigenvalue weighted by Crippen LogP contribution is -2.44. The minimum absolute atomic E-state index is 0.152. The fraction of sp³-hybridized carbons (Fsp3) is 0.615. The molecule has 2 saturated heterocycles. The van der Waals surface area contributed by atoms with Crippen LogP contribution in [0.4, 0.5) is 20.4 Å². The Hall–Kier alpha value is -1.47. The molecule has 0 radical (unpaired) electrons. The molecule has 0 bridgehead atoms. The van der Waals surface area contributed by atoms with Gasteiger partial charge < -0.3 is 15.4 Å². The molecule has 0 spiro atoms. The van der Waals surface area contributed by atoms with E-state index in [1.165, 1.54) is 0 Å². The lowest BCUT2D eigenvalue weighted by atomic mass is 10.2. The predicted molar refractivity (Wildman–Crippen MR) is 71.6 cm³/mol. The van der Waals surface area contributed by atoms with E-state index >= 15 is 0 Å². The van der Waals surface area contributed by atoms with Crippen molar-refractivity contribution in [2.45, 2.75) is 12.5 Å². The first kappa shape index (κ1) is 13.5. The summed E-state index contributed by atoms with van der Waals surface area (Å²) in [6.45, 7) is 4.69. The molecule has 0 aromatic carbocycles. The zero-order valence-electron chi connectivity index (χ0n) is 11.2. The monoisotopic (exact) mass is 284 g/mol. The van der Waals surface area contributed by atoms with Gasteiger partial charge in [0.15, 0.2) is 23.3 Å². The van der Waals surface area contributed by atoms with Crippen LogP contribution in [0.3, 0.4) is 0 Å². The third kappa shape index (κ3) is 2.55. The smallest absolute Gasteiger partial charge is 0.168 e. The number of nitrogens with two attached hydrogens (primary N) is 1. The van der Waals surface area contributed by atoms with Crippen molar-refractivity contribution in [2.24, 2.45) is 0 Å². The highest BCUT2D eigenvalue weighted by Crippen LogP contribution is 2.26. The van der Waals surface area contributed by atoms with Crippen LogP contribution in [0.2, 0.25) is 0 Å². The molecule has 0 saturated carbocycles. The Morgan fingerprint density at radius 1 is 1.20 bits per heavy atom. The Bertz CT molecular complexity index is 494. The van der Waals surface area contributed by atoms with E-state index in [0.29, 0.717) is 19.1 Å². The Kier molecular flexibility index (Phi) is 3.71. The van der Waals surface area contributed by atoms with E-state index in [4.69, 9.17) is 10.5 Å². The van der Waals surface area contributed by atoms with E-state index < -0.39 is 11.6 Å². The fourth-order valence-electron chi connectivity index (χ4n) is 2.87. The molecule has 3 heterocycles. The van der Waals surface area contributed by atoms with Crippen molar-refractivity contribution in [1.82, 2.24) is 9.88 Å². The van der Waals surface area contributed by atoms with Gasteiger partial charge in [-0.1, -0.05) is 0 Å². The molecular formula is C13H18F2N4O. The van der Waals surface area contributed by atoms with Gasteiger partial charge in [-0.3, -0.25) is 4.90 Å². The molecule has 110 valence electrons. The zero-order valence-corrected chi connectivity index (χ0v) is 11.2. The summed E-state index contributed by atoms with van der Waals surface area (Å²) in [6, 6.07) is 1.17. The second kappa shape index (κ2) is 5.49. The lowest BCUT2D eigenvalue weighted by Gasteiger charge is -2.32. The SMILES string of the molecule is Nc1nc(N2CCC(N3CCOCC3)C2)c(F)cc1F. The maximum Gasteiger partial charge on any atom is 0.168 e. The second-order valence-corrected chi connectivity index (χ2v) is 5.20. The van der Waals surface area contributed by atoms with E-state index in [9.17, 15) is 8.78 Å². The van der Waals surface area contributed by atoms with E-state index in [1.54, 1.807) is 0 Å². The minimum Gasteiger partial charge on any atom is -0.381 e. The first-order chi connectivity index (χ1) is 9.65. The zero-order chi connectivity index (χ0) is 14.1. The molecule has 1 aromatic rings. The normalized spacial score (nSPS) is 24.3. The molecule has 0 aliphatic carbocycles. The number of aromatic nitrogens is 1. The average Bonchev–Trinajstić information content (AvgIpc) is 2.93. The van der Waals surface area contributed by atoms with E-state index in [0.717, 1.165) is 38.8 Å². The maximum absolute atomic E-state index is 13.8. The number of nitrogens with zero attached hydrogens (tertiary/aromatic N) is 3. The number of halogens is 2. The summed E-state index contributed by atoms with van der Waals surface area (Å²) in [5, 5.41) is 0. The molecule has 2 aliphatic rings. The van der Waals surface area contributed by atoms with Crippen LogP contribution in [0.5, 0.6) is 0 Å². The van der Waals surface area contributed by atoms with Crippen LogP contribution in [0, 0.1) is 11.6 Å². The fourth-order valence-corrected chi connectivity index (χ4v) is 2.87. The Morgan fingerprint density at radius 3 is 2.70 bits per heavy atom. The molecule has 5 nitrogen and oxygen atoms in total. The van der Waals surface area contributed by atoms with E-state index in [2.05, 4.69) is 9.88 Å². The van der Waals surface area contributed by atoms with Gasteiger partial charge in [-0.2, -0.15) is 0 Å². The van der Waals surface area contributed by atoms with Crippen molar-refractivity contribution >= 4 is 11.6 Å². The molecule has 0 amide bonds. The molecule has 1 atom stereocenters. The number of ether oxygens (including phenoxy) is 1. The molecule has 3 rings (SSSR count). The third-order valence-electron chi connectivity index (χ3n) is 3.96. The summed E-state index contributed by atoms with van der Waals surface area (Å²) in [6.07, 6.45) is 0.943. The minimum atomic E-state index is -0.810. The Labute approximate surface area is 116 Å². The van der Waals surface area contributed by atoms with Gasteiger partial charge in [0.1, 0.15) is 0 Å². The van der Waals surface area contributed by atoms with Crippen molar-refractivity contribution in [3.63, 3.8) is 0 Å². The maximum atomic E-state index is 13.8. The van der Waals surface area contributed by atoms with Gasteiger partial charge in [0.05, 0.1) is 13.2 Å². The van der Waals surface area contributed by atoms with Crippen LogP contribution in [-0.2, 0) is 4.74 Å². The number of hydrogen-bond acceptors (Lipinski definition) is 5. The van der Waals surface area contributed by atoms with Gasteiger partial charge in [0.25, 0.3) is 0 Å². The molecule has 2 aliphatic heterocycles. The summed E-state index contributed by atoms with van der Waals surface area (Å²) in [5.41, 5.74) is 5.43. The van der Waals surface area contributed by atoms with Gasteiger partial charge in [0, 0.05) is 38.3 Å². The highest BCUT2D eigenvalue weighted by Gasteiger charge is 2.30. The van der Waals surface area contributed by atoms with Crippen molar-refractivity contribution in [2.75, 3.05) is 50.0 Å². The molecule has 1 unspecified atom stereocenters. The molecule has 20 heavy (non-hydrogen) atoms. The number of anilines is 2. The molecular weight excluding hydrogens is 266 g/mol. The highest BCUT2D eigenvalue weighted by atomic mass is 19.1. The van der Waals surface area contributed by atoms with Gasteiger partial charge in [0.2, 0.25) is 0 Å². The van der Waals surface area contributed by atoms with Gasteiger partial charge >= 0.3 is 0 Å². The summed E-state index contributed by atoms with van der Waals surface area (Å²) < 4.78 is 32.3. The van der Waals surface area contributed by atoms with E-state index in [-0.39, 0.29) is 11.6 Å². The number of morpholine rings is 1. The van der Waals surface area contributed by atoms with Crippen molar-refractivity contribution < 1.29 is 13.5 Å². The number of pyridine rings is 1. The number of nitrogen functional groups attached to an aromatic ring is 1. The third-order valence-corrected chi connectivity index (χ3v) is 3.96. The van der Waals surface area contributed by atoms with Gasteiger partial charge in [-0.05, 0) is 6.42 Å². The second-order valence-electron chi connectivity index (χ2n) is 5.20. The topological polar surface area (TPSA) is 54.6 Å². The van der Waals surface area contributed by atoms with Crippen LogP contribution in [0.25, 0.3) is 0 Å². The predicted octanol–water partition coefficient (Wildman–Crippen LogP) is 0.853. The number of hydrogen-bond donors (Lipinski definition) is 1. The standard InChI is InChI=1S/C13H18F2N4O/c14-10-7-11(15)13(17-12(10)16)19-2-1-9(8-19)18-3-5-20-6-4-18/h7,9H,1-6,8H2,(H2,16,17). The van der Waals surface area contributed by atoms with Crippen LogP contribution in [0.1, 0.15) is 6.42 Å². The van der Waals surface area contributed by atoms with Crippen molar-refractivity contribution in [3.8, 4) is 0 Å². The molecule has 1 aromatic heterocycles. The largest absolute Gasteiger partial charge is 0.381 e. The summed E-state index contributed by atoms with van der Waals surface area (Å²) in [7, 11) is 0. The summed E-state index contributed by atoms with van der Waals surface area (Å²) in [4.78, 5) is 8.04. The lowest BCUT2D eigenvalue weighted by molar-refractivity contribution is 0.0209. The molecule has 2 fully saturated rings.